The highest BCUT2D eigenvalue weighted by molar-refractivity contribution is 5.88. The molecule has 0 aliphatic rings. The zero-order chi connectivity index (χ0) is 25.9. The molecular weight excluding hydrogens is 474 g/mol. The first-order valence-electron chi connectivity index (χ1n) is 11.4. The van der Waals surface area contributed by atoms with Crippen molar-refractivity contribution in [1.29, 1.82) is 5.26 Å². The highest BCUT2D eigenvalue weighted by Gasteiger charge is 2.21. The molecule has 0 saturated carbocycles. The number of nitrogens with two attached hydrogens (primary N) is 1. The average molecular weight is 495 g/mol. The van der Waals surface area contributed by atoms with Gasteiger partial charge in [-0.15, -0.1) is 0 Å². The van der Waals surface area contributed by atoms with Crippen molar-refractivity contribution in [3.63, 3.8) is 0 Å². The van der Waals surface area contributed by atoms with E-state index >= 15 is 0 Å². The normalized spacial score (nSPS) is 10.8. The molecule has 5 rings (SSSR count). The molecule has 3 N–H and O–H groups in total. The van der Waals surface area contributed by atoms with Crippen molar-refractivity contribution >= 4 is 17.2 Å². The molecule has 9 heteroatoms. The summed E-state index contributed by atoms with van der Waals surface area (Å²) in [6, 6.07) is 19.9. The van der Waals surface area contributed by atoms with E-state index in [1.165, 1.54) is 35.0 Å². The Balaban J connectivity index is 1.74. The number of pyridine rings is 2. The molecule has 0 spiro atoms. The Bertz CT molecular complexity index is 1730. The number of aromatic nitrogens is 3. The number of nitrogens with one attached hydrogen (secondary N) is 1. The summed E-state index contributed by atoms with van der Waals surface area (Å²) in [6.45, 7) is 0.268. The Hall–Kier alpha value is -5.10. The van der Waals surface area contributed by atoms with Crippen LogP contribution in [0.3, 0.4) is 0 Å². The van der Waals surface area contributed by atoms with Crippen molar-refractivity contribution in [3.05, 3.63) is 112 Å². The number of anilines is 2. The van der Waals surface area contributed by atoms with Crippen molar-refractivity contribution in [1.82, 2.24) is 14.4 Å². The molecule has 0 amide bonds. The maximum absolute atomic E-state index is 14.3. The SMILES string of the molecule is N#Cc1c(N)ncnc1NCCc1c(-c2ccccc2)c(=O)n2cc(F)ccc2c1-c1cccc(F)c1. The number of nitriles is 1. The Morgan fingerprint density at radius 1 is 0.946 bits per heavy atom. The van der Waals surface area contributed by atoms with Crippen LogP contribution in [0.15, 0.2) is 84.0 Å². The van der Waals surface area contributed by atoms with E-state index in [0.717, 1.165) is 6.20 Å². The van der Waals surface area contributed by atoms with Crippen molar-refractivity contribution in [2.45, 2.75) is 6.42 Å². The fraction of sp³-hybridized carbons (Fsp3) is 0.0714. The summed E-state index contributed by atoms with van der Waals surface area (Å²) in [4.78, 5) is 21.7. The molecule has 0 saturated heterocycles. The highest BCUT2D eigenvalue weighted by atomic mass is 19.1. The van der Waals surface area contributed by atoms with Crippen LogP contribution in [-0.4, -0.2) is 20.9 Å². The summed E-state index contributed by atoms with van der Waals surface area (Å²) < 4.78 is 29.9. The second-order valence-corrected chi connectivity index (χ2v) is 8.28. The topological polar surface area (TPSA) is 109 Å². The minimum absolute atomic E-state index is 0.0522. The van der Waals surface area contributed by atoms with Crippen LogP contribution in [0.4, 0.5) is 20.4 Å². The third-order valence-electron chi connectivity index (χ3n) is 6.04. The van der Waals surface area contributed by atoms with Gasteiger partial charge in [-0.05, 0) is 47.4 Å². The zero-order valence-electron chi connectivity index (χ0n) is 19.5. The van der Waals surface area contributed by atoms with Crippen molar-refractivity contribution < 1.29 is 8.78 Å². The number of rotatable bonds is 6. The van der Waals surface area contributed by atoms with Crippen LogP contribution in [0.5, 0.6) is 0 Å². The Morgan fingerprint density at radius 2 is 1.73 bits per heavy atom. The van der Waals surface area contributed by atoms with Gasteiger partial charge in [0.2, 0.25) is 0 Å². The molecule has 7 nitrogen and oxygen atoms in total. The van der Waals surface area contributed by atoms with Crippen molar-refractivity contribution in [2.24, 2.45) is 0 Å². The lowest BCUT2D eigenvalue weighted by atomic mass is 9.90. The van der Waals surface area contributed by atoms with E-state index in [1.54, 1.807) is 24.3 Å². The lowest BCUT2D eigenvalue weighted by molar-refractivity contribution is 0.618. The van der Waals surface area contributed by atoms with Gasteiger partial charge < -0.3 is 11.1 Å². The molecule has 0 fully saturated rings. The van der Waals surface area contributed by atoms with Crippen LogP contribution in [0.2, 0.25) is 0 Å². The molecule has 0 radical (unpaired) electrons. The van der Waals surface area contributed by atoms with Gasteiger partial charge in [-0.1, -0.05) is 42.5 Å². The molecular formula is C28H20F2N6O. The summed E-state index contributed by atoms with van der Waals surface area (Å²) in [6.07, 6.45) is 2.69. The third kappa shape index (κ3) is 4.48. The van der Waals surface area contributed by atoms with Gasteiger partial charge in [0.15, 0.2) is 0 Å². The van der Waals surface area contributed by atoms with Crippen LogP contribution < -0.4 is 16.6 Å². The van der Waals surface area contributed by atoms with Crippen molar-refractivity contribution in [2.75, 3.05) is 17.6 Å². The van der Waals surface area contributed by atoms with E-state index in [4.69, 9.17) is 5.73 Å². The molecule has 0 atom stereocenters. The van der Waals surface area contributed by atoms with Crippen LogP contribution in [0, 0.1) is 23.0 Å². The van der Waals surface area contributed by atoms with Gasteiger partial charge in [-0.2, -0.15) is 5.26 Å². The van der Waals surface area contributed by atoms with Crippen LogP contribution >= 0.6 is 0 Å². The molecule has 3 heterocycles. The molecule has 0 aliphatic heterocycles. The maximum atomic E-state index is 14.3. The van der Waals surface area contributed by atoms with E-state index < -0.39 is 17.2 Å². The first-order chi connectivity index (χ1) is 18.0. The minimum Gasteiger partial charge on any atom is -0.382 e. The summed E-state index contributed by atoms with van der Waals surface area (Å²) >= 11 is 0. The number of hydrogen-bond donors (Lipinski definition) is 2. The molecule has 3 aromatic heterocycles. The largest absolute Gasteiger partial charge is 0.382 e. The maximum Gasteiger partial charge on any atom is 0.263 e. The van der Waals surface area contributed by atoms with E-state index in [0.29, 0.717) is 39.8 Å². The smallest absolute Gasteiger partial charge is 0.263 e. The Kier molecular flexibility index (Phi) is 6.31. The van der Waals surface area contributed by atoms with Gasteiger partial charge in [-0.25, -0.2) is 18.7 Å². The highest BCUT2D eigenvalue weighted by Crippen LogP contribution is 2.34. The van der Waals surface area contributed by atoms with Gasteiger partial charge in [0.1, 0.15) is 41.2 Å². The fourth-order valence-electron chi connectivity index (χ4n) is 4.44. The summed E-state index contributed by atoms with van der Waals surface area (Å²) in [5.41, 5.74) is 8.74. The van der Waals surface area contributed by atoms with Crippen LogP contribution in [0.1, 0.15) is 11.1 Å². The third-order valence-corrected chi connectivity index (χ3v) is 6.04. The summed E-state index contributed by atoms with van der Waals surface area (Å²) in [5, 5.41) is 12.5. The van der Waals surface area contributed by atoms with Gasteiger partial charge in [0.05, 0.1) is 11.1 Å². The zero-order valence-corrected chi connectivity index (χ0v) is 19.5. The predicted molar refractivity (Wildman–Crippen MR) is 138 cm³/mol. The number of nitrogen functional groups attached to an aromatic ring is 1. The van der Waals surface area contributed by atoms with Gasteiger partial charge in [0, 0.05) is 18.3 Å². The number of halogens is 2. The minimum atomic E-state index is -0.571. The Morgan fingerprint density at radius 3 is 2.49 bits per heavy atom. The molecule has 0 aliphatic carbocycles. The molecule has 0 unspecified atom stereocenters. The monoisotopic (exact) mass is 494 g/mol. The molecule has 182 valence electrons. The second-order valence-electron chi connectivity index (χ2n) is 8.28. The molecule has 5 aromatic rings. The first-order valence-corrected chi connectivity index (χ1v) is 11.4. The second kappa shape index (κ2) is 9.87. The number of benzene rings is 2. The van der Waals surface area contributed by atoms with Crippen molar-refractivity contribution in [3.8, 4) is 28.3 Å². The summed E-state index contributed by atoms with van der Waals surface area (Å²) in [7, 11) is 0. The molecule has 2 aromatic carbocycles. The van der Waals surface area contributed by atoms with Gasteiger partial charge in [-0.3, -0.25) is 9.20 Å². The lowest BCUT2D eigenvalue weighted by Crippen LogP contribution is -2.21. The standard InChI is InChI=1S/C28H20F2N6O/c29-19-8-4-7-18(13-19)24-21(11-12-33-27-22(14-31)26(32)34-16-35-27)25(17-5-2-1-3-6-17)28(37)36-15-20(30)9-10-23(24)36/h1-10,13,15-16H,11-12H2,(H3,32,33,34,35). The molecule has 37 heavy (non-hydrogen) atoms. The van der Waals surface area contributed by atoms with E-state index in [1.807, 2.05) is 24.3 Å². The number of nitrogens with zero attached hydrogens (tertiary/aromatic N) is 4. The van der Waals surface area contributed by atoms with E-state index in [-0.39, 0.29) is 23.7 Å². The first kappa shape index (κ1) is 23.6. The lowest BCUT2D eigenvalue weighted by Gasteiger charge is -2.19. The van der Waals surface area contributed by atoms with E-state index in [9.17, 15) is 18.8 Å². The van der Waals surface area contributed by atoms with E-state index in [2.05, 4.69) is 15.3 Å². The fourth-order valence-corrected chi connectivity index (χ4v) is 4.44. The quantitative estimate of drug-likeness (QED) is 0.351. The van der Waals surface area contributed by atoms with Gasteiger partial charge >= 0.3 is 0 Å². The van der Waals surface area contributed by atoms with Gasteiger partial charge in [0.25, 0.3) is 5.56 Å². The molecule has 0 bridgehead atoms. The number of fused-ring (bicyclic) bond motifs is 1. The van der Waals surface area contributed by atoms with Crippen LogP contribution in [0.25, 0.3) is 27.8 Å². The summed E-state index contributed by atoms with van der Waals surface area (Å²) in [5.74, 6) is -0.692. The Labute approximate surface area is 210 Å². The predicted octanol–water partition coefficient (Wildman–Crippen LogP) is 4.81. The average Bonchev–Trinajstić information content (AvgIpc) is 2.90. The van der Waals surface area contributed by atoms with Crippen LogP contribution in [-0.2, 0) is 6.42 Å². The number of hydrogen-bond acceptors (Lipinski definition) is 6.